The highest BCUT2D eigenvalue weighted by Gasteiger charge is 2.53. The second kappa shape index (κ2) is 7.69. The normalized spacial score (nSPS) is 19.8. The zero-order chi connectivity index (χ0) is 20.6. The first kappa shape index (κ1) is 19.7. The van der Waals surface area contributed by atoms with Gasteiger partial charge >= 0.3 is 0 Å². The Kier molecular flexibility index (Phi) is 5.23. The number of hydrogen-bond donors (Lipinski definition) is 1. The molecule has 156 valence electrons. The predicted molar refractivity (Wildman–Crippen MR) is 109 cm³/mol. The van der Waals surface area contributed by atoms with Gasteiger partial charge in [0.05, 0.1) is 7.11 Å². The molecule has 2 saturated carbocycles. The molecule has 2 fully saturated rings. The SMILES string of the molecule is COc1cc(-c2onc(N(C)C)c2C(=O)NCC2CC23CCCCC3)ccc1F. The van der Waals surface area contributed by atoms with Crippen LogP contribution in [0.3, 0.4) is 0 Å². The molecule has 29 heavy (non-hydrogen) atoms. The number of amides is 1. The molecular formula is C22H28FN3O3. The van der Waals surface area contributed by atoms with Crippen LogP contribution in [-0.4, -0.2) is 38.8 Å². The fourth-order valence-electron chi connectivity index (χ4n) is 4.68. The molecule has 4 rings (SSSR count). The van der Waals surface area contributed by atoms with E-state index in [9.17, 15) is 9.18 Å². The summed E-state index contributed by atoms with van der Waals surface area (Å²) in [5.41, 5.74) is 1.36. The molecule has 1 aromatic carbocycles. The van der Waals surface area contributed by atoms with E-state index in [2.05, 4.69) is 10.5 Å². The third-order valence-electron chi connectivity index (χ3n) is 6.46. The molecule has 1 amide bonds. The summed E-state index contributed by atoms with van der Waals surface area (Å²) in [6, 6.07) is 4.38. The largest absolute Gasteiger partial charge is 0.494 e. The molecule has 1 heterocycles. The van der Waals surface area contributed by atoms with Crippen LogP contribution in [0.2, 0.25) is 0 Å². The van der Waals surface area contributed by atoms with Crippen molar-refractivity contribution in [2.24, 2.45) is 11.3 Å². The van der Waals surface area contributed by atoms with Crippen LogP contribution in [0.25, 0.3) is 11.3 Å². The zero-order valence-electron chi connectivity index (χ0n) is 17.3. The maximum absolute atomic E-state index is 13.8. The lowest BCUT2D eigenvalue weighted by Crippen LogP contribution is -2.29. The highest BCUT2D eigenvalue weighted by Crippen LogP contribution is 2.61. The average molecular weight is 401 g/mol. The van der Waals surface area contributed by atoms with Gasteiger partial charge in [0, 0.05) is 26.2 Å². The van der Waals surface area contributed by atoms with Crippen molar-refractivity contribution in [3.8, 4) is 17.1 Å². The molecule has 0 aliphatic heterocycles. The molecule has 1 aromatic heterocycles. The van der Waals surface area contributed by atoms with Gasteiger partial charge in [0.25, 0.3) is 5.91 Å². The van der Waals surface area contributed by atoms with Crippen LogP contribution in [0.5, 0.6) is 5.75 Å². The van der Waals surface area contributed by atoms with Crippen LogP contribution in [-0.2, 0) is 0 Å². The van der Waals surface area contributed by atoms with E-state index < -0.39 is 5.82 Å². The van der Waals surface area contributed by atoms with E-state index in [1.807, 2.05) is 14.1 Å². The van der Waals surface area contributed by atoms with E-state index in [1.165, 1.54) is 57.8 Å². The lowest BCUT2D eigenvalue weighted by atomic mass is 9.84. The number of nitrogens with one attached hydrogen (secondary N) is 1. The summed E-state index contributed by atoms with van der Waals surface area (Å²) < 4.78 is 24.4. The molecule has 1 N–H and O–H groups in total. The molecule has 1 unspecified atom stereocenters. The van der Waals surface area contributed by atoms with Gasteiger partial charge in [-0.1, -0.05) is 24.4 Å². The molecule has 2 aliphatic rings. The van der Waals surface area contributed by atoms with Crippen molar-refractivity contribution in [3.05, 3.63) is 29.6 Å². The van der Waals surface area contributed by atoms with Crippen LogP contribution >= 0.6 is 0 Å². The molecule has 0 radical (unpaired) electrons. The fraction of sp³-hybridized carbons (Fsp3) is 0.545. The van der Waals surface area contributed by atoms with E-state index in [4.69, 9.17) is 9.26 Å². The van der Waals surface area contributed by atoms with Gasteiger partial charge in [-0.2, -0.15) is 0 Å². The Labute approximate surface area is 170 Å². The van der Waals surface area contributed by atoms with Crippen molar-refractivity contribution in [2.75, 3.05) is 32.6 Å². The second-order valence-corrected chi connectivity index (χ2v) is 8.49. The molecule has 2 aliphatic carbocycles. The summed E-state index contributed by atoms with van der Waals surface area (Å²) >= 11 is 0. The third kappa shape index (κ3) is 3.70. The van der Waals surface area contributed by atoms with E-state index >= 15 is 0 Å². The Morgan fingerprint density at radius 3 is 2.79 bits per heavy atom. The monoisotopic (exact) mass is 401 g/mol. The number of methoxy groups -OCH3 is 1. The Hall–Kier alpha value is -2.57. The van der Waals surface area contributed by atoms with Gasteiger partial charge in [0.2, 0.25) is 0 Å². The number of halogens is 1. The van der Waals surface area contributed by atoms with E-state index in [0.717, 1.165) is 0 Å². The van der Waals surface area contributed by atoms with Crippen molar-refractivity contribution < 1.29 is 18.4 Å². The summed E-state index contributed by atoms with van der Waals surface area (Å²) in [5.74, 6) is 0.724. The lowest BCUT2D eigenvalue weighted by molar-refractivity contribution is 0.0950. The Morgan fingerprint density at radius 2 is 2.10 bits per heavy atom. The van der Waals surface area contributed by atoms with Crippen LogP contribution < -0.4 is 15.0 Å². The van der Waals surface area contributed by atoms with Crippen molar-refractivity contribution in [3.63, 3.8) is 0 Å². The van der Waals surface area contributed by atoms with Crippen molar-refractivity contribution in [1.29, 1.82) is 0 Å². The molecule has 7 heteroatoms. The first-order valence-corrected chi connectivity index (χ1v) is 10.2. The fourth-order valence-corrected chi connectivity index (χ4v) is 4.68. The lowest BCUT2D eigenvalue weighted by Gasteiger charge is -2.22. The second-order valence-electron chi connectivity index (χ2n) is 8.49. The van der Waals surface area contributed by atoms with Crippen molar-refractivity contribution >= 4 is 11.7 Å². The smallest absolute Gasteiger partial charge is 0.259 e. The van der Waals surface area contributed by atoms with E-state index in [0.29, 0.717) is 40.6 Å². The Morgan fingerprint density at radius 1 is 1.34 bits per heavy atom. The van der Waals surface area contributed by atoms with Crippen LogP contribution in [0.15, 0.2) is 22.7 Å². The van der Waals surface area contributed by atoms with Crippen molar-refractivity contribution in [1.82, 2.24) is 10.5 Å². The first-order chi connectivity index (χ1) is 13.9. The Bertz CT molecular complexity index is 903. The number of aromatic nitrogens is 1. The van der Waals surface area contributed by atoms with E-state index in [-0.39, 0.29) is 11.7 Å². The maximum Gasteiger partial charge on any atom is 0.259 e. The molecule has 6 nitrogen and oxygen atoms in total. The molecule has 1 atom stereocenters. The minimum absolute atomic E-state index is 0.0916. The number of carbonyl (C=O) groups is 1. The number of ether oxygens (including phenoxy) is 1. The minimum Gasteiger partial charge on any atom is -0.494 e. The summed E-state index contributed by atoms with van der Waals surface area (Å²) in [6.45, 7) is 0.670. The minimum atomic E-state index is -0.471. The molecule has 2 aromatic rings. The molecule has 0 bridgehead atoms. The van der Waals surface area contributed by atoms with Gasteiger partial charge in [-0.05, 0) is 48.8 Å². The number of carbonyl (C=O) groups excluding carboxylic acids is 1. The number of anilines is 1. The summed E-state index contributed by atoms with van der Waals surface area (Å²) in [5, 5.41) is 7.17. The molecule has 0 saturated heterocycles. The Balaban J connectivity index is 1.55. The molecular weight excluding hydrogens is 373 g/mol. The van der Waals surface area contributed by atoms with Gasteiger partial charge in [0.15, 0.2) is 23.1 Å². The maximum atomic E-state index is 13.8. The summed E-state index contributed by atoms with van der Waals surface area (Å²) in [6.07, 6.45) is 7.71. The number of nitrogens with zero attached hydrogens (tertiary/aromatic N) is 2. The standard InChI is InChI=1S/C22H28FN3O3/c1-26(2)20-18(19(29-25-20)14-7-8-16(23)17(11-14)28-3)21(27)24-13-15-12-22(15)9-5-4-6-10-22/h7-8,11,15H,4-6,9-10,12-13H2,1-3H3,(H,24,27). The van der Waals surface area contributed by atoms with Crippen molar-refractivity contribution in [2.45, 2.75) is 38.5 Å². The van der Waals surface area contributed by atoms with Gasteiger partial charge in [0.1, 0.15) is 5.56 Å². The van der Waals surface area contributed by atoms with Gasteiger partial charge in [-0.15, -0.1) is 0 Å². The van der Waals surface area contributed by atoms with Gasteiger partial charge < -0.3 is 19.5 Å². The predicted octanol–water partition coefficient (Wildman–Crippen LogP) is 4.26. The third-order valence-corrected chi connectivity index (χ3v) is 6.46. The van der Waals surface area contributed by atoms with Crippen LogP contribution in [0.4, 0.5) is 10.2 Å². The average Bonchev–Trinajstić information content (AvgIpc) is 3.17. The number of benzene rings is 1. The topological polar surface area (TPSA) is 67.6 Å². The summed E-state index contributed by atoms with van der Waals surface area (Å²) in [7, 11) is 5.02. The quantitative estimate of drug-likeness (QED) is 0.784. The number of hydrogen-bond acceptors (Lipinski definition) is 5. The van der Waals surface area contributed by atoms with Crippen LogP contribution in [0.1, 0.15) is 48.9 Å². The van der Waals surface area contributed by atoms with Crippen LogP contribution in [0, 0.1) is 17.2 Å². The highest BCUT2D eigenvalue weighted by molar-refractivity contribution is 6.04. The summed E-state index contributed by atoms with van der Waals surface area (Å²) in [4.78, 5) is 14.8. The van der Waals surface area contributed by atoms with Gasteiger partial charge in [-0.25, -0.2) is 4.39 Å². The first-order valence-electron chi connectivity index (χ1n) is 10.2. The van der Waals surface area contributed by atoms with E-state index in [1.54, 1.807) is 11.0 Å². The van der Waals surface area contributed by atoms with Gasteiger partial charge in [-0.3, -0.25) is 4.79 Å². The zero-order valence-corrected chi connectivity index (χ0v) is 17.3. The molecule has 1 spiro atoms. The number of rotatable bonds is 6. The highest BCUT2D eigenvalue weighted by atomic mass is 19.1.